The molecule has 0 aliphatic rings. The minimum atomic E-state index is -0.689. The van der Waals surface area contributed by atoms with Crippen LogP contribution in [0.2, 0.25) is 0 Å². The number of aromatic nitrogens is 1. The van der Waals surface area contributed by atoms with E-state index in [4.69, 9.17) is 9.47 Å². The van der Waals surface area contributed by atoms with E-state index in [0.29, 0.717) is 27.9 Å². The van der Waals surface area contributed by atoms with Crippen molar-refractivity contribution in [1.82, 2.24) is 10.3 Å². The predicted octanol–water partition coefficient (Wildman–Crippen LogP) is 4.61. The van der Waals surface area contributed by atoms with Gasteiger partial charge in [-0.05, 0) is 36.2 Å². The van der Waals surface area contributed by atoms with Gasteiger partial charge in [-0.15, -0.1) is 11.3 Å². The highest BCUT2D eigenvalue weighted by atomic mass is 32.1. The molecular weight excluding hydrogens is 426 g/mol. The number of amides is 2. The summed E-state index contributed by atoms with van der Waals surface area (Å²) in [5.41, 5.74) is 1.93. The Bertz CT molecular complexity index is 1070. The van der Waals surface area contributed by atoms with E-state index in [1.165, 1.54) is 11.3 Å². The molecule has 0 unspecified atom stereocenters. The second kappa shape index (κ2) is 10.8. The first-order chi connectivity index (χ1) is 15.5. The zero-order valence-corrected chi connectivity index (χ0v) is 19.4. The van der Waals surface area contributed by atoms with Gasteiger partial charge < -0.3 is 20.1 Å². The molecule has 0 saturated carbocycles. The Balaban J connectivity index is 1.78. The van der Waals surface area contributed by atoms with Crippen molar-refractivity contribution in [2.45, 2.75) is 26.3 Å². The summed E-state index contributed by atoms with van der Waals surface area (Å²) in [7, 11) is 3.18. The number of methoxy groups -OCH3 is 2. The summed E-state index contributed by atoms with van der Waals surface area (Å²) < 4.78 is 10.7. The maximum absolute atomic E-state index is 13.0. The Morgan fingerprint density at radius 2 is 1.84 bits per heavy atom. The fraction of sp³-hybridized carbons (Fsp3) is 0.292. The molecule has 3 rings (SSSR count). The Morgan fingerprint density at radius 3 is 2.50 bits per heavy atom. The Kier molecular flexibility index (Phi) is 7.83. The summed E-state index contributed by atoms with van der Waals surface area (Å²) in [5, 5.41) is 8.00. The second-order valence-electron chi connectivity index (χ2n) is 7.30. The van der Waals surface area contributed by atoms with E-state index in [9.17, 15) is 9.59 Å². The Labute approximate surface area is 191 Å². The van der Waals surface area contributed by atoms with Crippen LogP contribution in [0.15, 0.2) is 53.9 Å². The summed E-state index contributed by atoms with van der Waals surface area (Å²) >= 11 is 1.31. The number of anilines is 1. The van der Waals surface area contributed by atoms with Crippen molar-refractivity contribution in [1.29, 1.82) is 0 Å². The van der Waals surface area contributed by atoms with Crippen LogP contribution >= 0.6 is 11.3 Å². The molecule has 2 amide bonds. The SMILES string of the molecule is CC[C@H](C)[C@H](NC(=O)c1ccccc1)C(=O)Nc1nc(-c2cc(OC)ccc2OC)cs1. The van der Waals surface area contributed by atoms with Gasteiger partial charge in [-0.1, -0.05) is 38.5 Å². The molecule has 0 fully saturated rings. The lowest BCUT2D eigenvalue weighted by Crippen LogP contribution is -2.47. The number of rotatable bonds is 9. The van der Waals surface area contributed by atoms with Crippen LogP contribution in [0.5, 0.6) is 11.5 Å². The van der Waals surface area contributed by atoms with Gasteiger partial charge >= 0.3 is 0 Å². The smallest absolute Gasteiger partial charge is 0.251 e. The number of thiazole rings is 1. The first-order valence-corrected chi connectivity index (χ1v) is 11.2. The minimum Gasteiger partial charge on any atom is -0.497 e. The molecular formula is C24H27N3O4S. The van der Waals surface area contributed by atoms with Crippen LogP contribution in [-0.2, 0) is 4.79 Å². The monoisotopic (exact) mass is 453 g/mol. The highest BCUT2D eigenvalue weighted by Gasteiger charge is 2.27. The first kappa shape index (κ1) is 23.3. The Hall–Kier alpha value is -3.39. The van der Waals surface area contributed by atoms with Crippen molar-refractivity contribution < 1.29 is 19.1 Å². The number of hydrogen-bond acceptors (Lipinski definition) is 6. The standard InChI is InChI=1S/C24H27N3O4S/c1-5-15(2)21(26-22(28)16-9-7-6-8-10-16)23(29)27-24-25-19(14-32-24)18-13-17(30-3)11-12-20(18)31-4/h6-15,21H,5H2,1-4H3,(H,26,28)(H,25,27,29)/t15-,21-/m0/s1. The lowest BCUT2D eigenvalue weighted by molar-refractivity contribution is -0.119. The van der Waals surface area contributed by atoms with Gasteiger partial charge in [0.2, 0.25) is 5.91 Å². The minimum absolute atomic E-state index is 0.0550. The number of hydrogen-bond donors (Lipinski definition) is 2. The maximum Gasteiger partial charge on any atom is 0.251 e. The molecule has 0 radical (unpaired) electrons. The predicted molar refractivity (Wildman–Crippen MR) is 126 cm³/mol. The molecule has 1 aromatic heterocycles. The van der Waals surface area contributed by atoms with Crippen LogP contribution in [0.1, 0.15) is 30.6 Å². The van der Waals surface area contributed by atoms with Crippen molar-refractivity contribution >= 4 is 28.3 Å². The second-order valence-corrected chi connectivity index (χ2v) is 8.15. The van der Waals surface area contributed by atoms with E-state index in [1.54, 1.807) is 38.5 Å². The first-order valence-electron chi connectivity index (χ1n) is 10.3. The van der Waals surface area contributed by atoms with E-state index < -0.39 is 6.04 Å². The molecule has 0 aliphatic heterocycles. The van der Waals surface area contributed by atoms with Crippen molar-refractivity contribution in [3.8, 4) is 22.8 Å². The zero-order chi connectivity index (χ0) is 23.1. The lowest BCUT2D eigenvalue weighted by Gasteiger charge is -2.23. The van der Waals surface area contributed by atoms with Gasteiger partial charge in [0.25, 0.3) is 5.91 Å². The summed E-state index contributed by atoms with van der Waals surface area (Å²) in [6.07, 6.45) is 0.733. The third-order valence-corrected chi connectivity index (χ3v) is 5.99. The Morgan fingerprint density at radius 1 is 1.09 bits per heavy atom. The van der Waals surface area contributed by atoms with Gasteiger partial charge in [-0.25, -0.2) is 4.98 Å². The molecule has 32 heavy (non-hydrogen) atoms. The lowest BCUT2D eigenvalue weighted by atomic mass is 9.98. The summed E-state index contributed by atoms with van der Waals surface area (Å²) in [4.78, 5) is 30.2. The third-order valence-electron chi connectivity index (χ3n) is 5.23. The van der Waals surface area contributed by atoms with E-state index >= 15 is 0 Å². The summed E-state index contributed by atoms with van der Waals surface area (Å²) in [6.45, 7) is 3.92. The van der Waals surface area contributed by atoms with Gasteiger partial charge in [0.1, 0.15) is 17.5 Å². The highest BCUT2D eigenvalue weighted by Crippen LogP contribution is 2.35. The molecule has 2 aromatic carbocycles. The fourth-order valence-electron chi connectivity index (χ4n) is 3.17. The van der Waals surface area contributed by atoms with Gasteiger partial charge in [-0.2, -0.15) is 0 Å². The average molecular weight is 454 g/mol. The van der Waals surface area contributed by atoms with E-state index in [1.807, 2.05) is 43.5 Å². The third kappa shape index (κ3) is 5.45. The summed E-state index contributed by atoms with van der Waals surface area (Å²) in [5.74, 6) is 0.691. The van der Waals surface area contributed by atoms with Crippen LogP contribution in [-0.4, -0.2) is 37.1 Å². The van der Waals surface area contributed by atoms with Crippen molar-refractivity contribution in [2.24, 2.45) is 5.92 Å². The summed E-state index contributed by atoms with van der Waals surface area (Å²) in [6, 6.07) is 13.6. The van der Waals surface area contributed by atoms with Crippen LogP contribution in [0.25, 0.3) is 11.3 Å². The van der Waals surface area contributed by atoms with E-state index in [0.717, 1.165) is 12.0 Å². The van der Waals surface area contributed by atoms with Gasteiger partial charge in [-0.3, -0.25) is 9.59 Å². The van der Waals surface area contributed by atoms with Crippen LogP contribution in [0.3, 0.4) is 0 Å². The number of carbonyl (C=O) groups excluding carboxylic acids is 2. The molecule has 8 heteroatoms. The van der Waals surface area contributed by atoms with Gasteiger partial charge in [0, 0.05) is 16.5 Å². The fourth-order valence-corrected chi connectivity index (χ4v) is 3.88. The molecule has 7 nitrogen and oxygen atoms in total. The van der Waals surface area contributed by atoms with Crippen molar-refractivity contribution in [3.63, 3.8) is 0 Å². The number of carbonyl (C=O) groups is 2. The maximum atomic E-state index is 13.0. The number of benzene rings is 2. The topological polar surface area (TPSA) is 89.6 Å². The molecule has 0 aliphatic carbocycles. The zero-order valence-electron chi connectivity index (χ0n) is 18.5. The van der Waals surface area contributed by atoms with E-state index in [-0.39, 0.29) is 17.7 Å². The molecule has 168 valence electrons. The molecule has 1 heterocycles. The molecule has 2 N–H and O–H groups in total. The number of nitrogens with one attached hydrogen (secondary N) is 2. The largest absolute Gasteiger partial charge is 0.497 e. The molecule has 2 atom stereocenters. The van der Waals surface area contributed by atoms with Gasteiger partial charge in [0.05, 0.1) is 19.9 Å². The molecule has 0 saturated heterocycles. The van der Waals surface area contributed by atoms with Crippen LogP contribution < -0.4 is 20.1 Å². The van der Waals surface area contributed by atoms with Gasteiger partial charge in [0.15, 0.2) is 5.13 Å². The average Bonchev–Trinajstić information content (AvgIpc) is 3.30. The highest BCUT2D eigenvalue weighted by molar-refractivity contribution is 7.14. The van der Waals surface area contributed by atoms with Crippen molar-refractivity contribution in [2.75, 3.05) is 19.5 Å². The number of ether oxygens (including phenoxy) is 2. The quantitative estimate of drug-likeness (QED) is 0.494. The van der Waals surface area contributed by atoms with E-state index in [2.05, 4.69) is 15.6 Å². The molecule has 0 spiro atoms. The van der Waals surface area contributed by atoms with Crippen molar-refractivity contribution in [3.05, 3.63) is 59.5 Å². The van der Waals surface area contributed by atoms with Crippen LogP contribution in [0, 0.1) is 5.92 Å². The number of nitrogens with zero attached hydrogens (tertiary/aromatic N) is 1. The molecule has 0 bridgehead atoms. The molecule has 3 aromatic rings. The van der Waals surface area contributed by atoms with Crippen LogP contribution in [0.4, 0.5) is 5.13 Å². The normalized spacial score (nSPS) is 12.5.